The van der Waals surface area contributed by atoms with E-state index in [4.69, 9.17) is 9.47 Å². The molecule has 0 spiro atoms. The van der Waals surface area contributed by atoms with Gasteiger partial charge in [-0.2, -0.15) is 5.10 Å². The Morgan fingerprint density at radius 2 is 2.19 bits per heavy atom. The molecular formula is C15H18N2O4. The number of benzene rings is 1. The minimum absolute atomic E-state index is 0.0761. The van der Waals surface area contributed by atoms with Crippen LogP contribution >= 0.6 is 0 Å². The summed E-state index contributed by atoms with van der Waals surface area (Å²) >= 11 is 0. The van der Waals surface area contributed by atoms with Crippen LogP contribution in [-0.2, 0) is 20.1 Å². The summed E-state index contributed by atoms with van der Waals surface area (Å²) in [7, 11) is 3.31. The zero-order valence-electron chi connectivity index (χ0n) is 12.3. The number of hydrogen-bond donors (Lipinski definition) is 1. The number of nitrogens with zero attached hydrogens (tertiary/aromatic N) is 2. The Balaban J connectivity index is 2.26. The predicted octanol–water partition coefficient (Wildman–Crippen LogP) is 2.27. The van der Waals surface area contributed by atoms with E-state index in [9.17, 15) is 9.90 Å². The molecule has 0 aliphatic rings. The monoisotopic (exact) mass is 290 g/mol. The van der Waals surface area contributed by atoms with Crippen LogP contribution in [-0.4, -0.2) is 28.0 Å². The second-order valence-corrected chi connectivity index (χ2v) is 4.53. The van der Waals surface area contributed by atoms with Crippen molar-refractivity contribution < 1.29 is 19.4 Å². The van der Waals surface area contributed by atoms with Crippen molar-refractivity contribution in [3.05, 3.63) is 41.2 Å². The van der Waals surface area contributed by atoms with E-state index in [1.165, 1.54) is 13.2 Å². The third-order valence-corrected chi connectivity index (χ3v) is 3.18. The van der Waals surface area contributed by atoms with Crippen molar-refractivity contribution in [2.45, 2.75) is 20.0 Å². The van der Waals surface area contributed by atoms with E-state index >= 15 is 0 Å². The first kappa shape index (κ1) is 14.9. The second-order valence-electron chi connectivity index (χ2n) is 4.53. The van der Waals surface area contributed by atoms with Gasteiger partial charge in [-0.1, -0.05) is 13.0 Å². The highest BCUT2D eigenvalue weighted by atomic mass is 16.5. The van der Waals surface area contributed by atoms with Crippen molar-refractivity contribution in [1.82, 2.24) is 9.78 Å². The van der Waals surface area contributed by atoms with Gasteiger partial charge in [0.2, 0.25) is 0 Å². The van der Waals surface area contributed by atoms with Gasteiger partial charge < -0.3 is 14.6 Å². The normalized spacial score (nSPS) is 10.4. The van der Waals surface area contributed by atoms with Gasteiger partial charge >= 0.3 is 5.97 Å². The highest BCUT2D eigenvalue weighted by molar-refractivity contribution is 5.92. The molecule has 112 valence electrons. The lowest BCUT2D eigenvalue weighted by atomic mass is 10.2. The number of carbonyl (C=O) groups is 1. The van der Waals surface area contributed by atoms with Crippen molar-refractivity contribution in [3.63, 3.8) is 0 Å². The number of ether oxygens (including phenoxy) is 2. The Hall–Kier alpha value is -2.50. The summed E-state index contributed by atoms with van der Waals surface area (Å²) < 4.78 is 12.6. The van der Waals surface area contributed by atoms with Gasteiger partial charge in [-0.3, -0.25) is 4.68 Å². The highest BCUT2D eigenvalue weighted by Gasteiger charge is 2.17. The van der Waals surface area contributed by atoms with Crippen molar-refractivity contribution in [2.75, 3.05) is 7.11 Å². The molecule has 0 aliphatic carbocycles. The molecule has 0 saturated heterocycles. The first-order valence-electron chi connectivity index (χ1n) is 6.61. The molecule has 1 N–H and O–H groups in total. The highest BCUT2D eigenvalue weighted by Crippen LogP contribution is 2.31. The summed E-state index contributed by atoms with van der Waals surface area (Å²) in [6, 6.07) is 6.72. The van der Waals surface area contributed by atoms with Gasteiger partial charge in [-0.05, 0) is 24.6 Å². The second kappa shape index (κ2) is 6.30. The summed E-state index contributed by atoms with van der Waals surface area (Å²) in [6.45, 7) is 2.25. The Labute approximate surface area is 122 Å². The molecule has 0 saturated carbocycles. The minimum atomic E-state index is -1.05. The summed E-state index contributed by atoms with van der Waals surface area (Å²) in [4.78, 5) is 11.3. The third-order valence-electron chi connectivity index (χ3n) is 3.18. The SMILES string of the molecule is CCc1cc(COc2c(OC)cccc2C(=O)O)n(C)n1. The molecule has 0 atom stereocenters. The first-order chi connectivity index (χ1) is 10.1. The fourth-order valence-corrected chi connectivity index (χ4v) is 2.02. The van der Waals surface area contributed by atoms with E-state index in [-0.39, 0.29) is 17.9 Å². The van der Waals surface area contributed by atoms with E-state index in [1.54, 1.807) is 16.8 Å². The van der Waals surface area contributed by atoms with Crippen LogP contribution in [0, 0.1) is 0 Å². The number of aryl methyl sites for hydroxylation is 2. The lowest BCUT2D eigenvalue weighted by Crippen LogP contribution is -2.07. The van der Waals surface area contributed by atoms with Crippen LogP contribution in [0.4, 0.5) is 0 Å². The zero-order chi connectivity index (χ0) is 15.4. The maximum Gasteiger partial charge on any atom is 0.339 e. The van der Waals surface area contributed by atoms with Crippen LogP contribution in [0.25, 0.3) is 0 Å². The first-order valence-corrected chi connectivity index (χ1v) is 6.61. The Kier molecular flexibility index (Phi) is 4.47. The number of aromatic carboxylic acids is 1. The van der Waals surface area contributed by atoms with Crippen molar-refractivity contribution >= 4 is 5.97 Å². The van der Waals surface area contributed by atoms with Crippen molar-refractivity contribution in [3.8, 4) is 11.5 Å². The number of aromatic nitrogens is 2. The lowest BCUT2D eigenvalue weighted by Gasteiger charge is -2.13. The molecule has 6 heteroatoms. The summed E-state index contributed by atoms with van der Waals surface area (Å²) in [5.41, 5.74) is 1.91. The van der Waals surface area contributed by atoms with Gasteiger partial charge in [0.05, 0.1) is 18.5 Å². The topological polar surface area (TPSA) is 73.6 Å². The zero-order valence-corrected chi connectivity index (χ0v) is 12.3. The Morgan fingerprint density at radius 3 is 2.76 bits per heavy atom. The van der Waals surface area contributed by atoms with Crippen LogP contribution in [0.3, 0.4) is 0 Å². The van der Waals surface area contributed by atoms with Gasteiger partial charge in [-0.15, -0.1) is 0 Å². The third kappa shape index (κ3) is 3.16. The van der Waals surface area contributed by atoms with E-state index in [0.29, 0.717) is 5.75 Å². The van der Waals surface area contributed by atoms with Gasteiger partial charge in [0.15, 0.2) is 11.5 Å². The fourth-order valence-electron chi connectivity index (χ4n) is 2.02. The van der Waals surface area contributed by atoms with E-state index in [2.05, 4.69) is 5.10 Å². The molecule has 6 nitrogen and oxygen atoms in total. The van der Waals surface area contributed by atoms with Crippen LogP contribution in [0.1, 0.15) is 28.7 Å². The molecule has 0 radical (unpaired) electrons. The molecule has 0 amide bonds. The van der Waals surface area contributed by atoms with Gasteiger partial charge in [0, 0.05) is 7.05 Å². The molecule has 1 aromatic heterocycles. The van der Waals surface area contributed by atoms with Crippen LogP contribution in [0.2, 0.25) is 0 Å². The van der Waals surface area contributed by atoms with Crippen LogP contribution in [0.5, 0.6) is 11.5 Å². The summed E-state index contributed by atoms with van der Waals surface area (Å²) in [5.74, 6) is -0.428. The smallest absolute Gasteiger partial charge is 0.339 e. The molecule has 21 heavy (non-hydrogen) atoms. The Morgan fingerprint density at radius 1 is 1.43 bits per heavy atom. The van der Waals surface area contributed by atoms with E-state index in [0.717, 1.165) is 17.8 Å². The maximum absolute atomic E-state index is 11.3. The number of methoxy groups -OCH3 is 1. The molecule has 2 aromatic rings. The molecular weight excluding hydrogens is 272 g/mol. The van der Waals surface area contributed by atoms with Gasteiger partial charge in [0.1, 0.15) is 12.2 Å². The lowest BCUT2D eigenvalue weighted by molar-refractivity contribution is 0.0690. The molecule has 0 bridgehead atoms. The van der Waals surface area contributed by atoms with Crippen LogP contribution in [0.15, 0.2) is 24.3 Å². The molecule has 1 aromatic carbocycles. The average molecular weight is 290 g/mol. The molecule has 0 fully saturated rings. The molecule has 1 heterocycles. The molecule has 0 unspecified atom stereocenters. The number of para-hydroxylation sites is 1. The fraction of sp³-hybridized carbons (Fsp3) is 0.333. The number of hydrogen-bond acceptors (Lipinski definition) is 4. The quantitative estimate of drug-likeness (QED) is 0.883. The van der Waals surface area contributed by atoms with Gasteiger partial charge in [-0.25, -0.2) is 4.79 Å². The molecule has 0 aliphatic heterocycles. The summed E-state index contributed by atoms with van der Waals surface area (Å²) in [5, 5.41) is 13.6. The number of carboxylic acid groups (broad SMARTS) is 1. The number of rotatable bonds is 6. The minimum Gasteiger partial charge on any atom is -0.493 e. The maximum atomic E-state index is 11.3. The average Bonchev–Trinajstić information content (AvgIpc) is 2.84. The van der Waals surface area contributed by atoms with Gasteiger partial charge in [0.25, 0.3) is 0 Å². The van der Waals surface area contributed by atoms with Crippen LogP contribution < -0.4 is 9.47 Å². The number of carboxylic acids is 1. The standard InChI is InChI=1S/C15H18N2O4/c1-4-10-8-11(17(2)16-10)9-21-14-12(15(18)19)6-5-7-13(14)20-3/h5-8H,4,9H2,1-3H3,(H,18,19). The van der Waals surface area contributed by atoms with E-state index < -0.39 is 5.97 Å². The van der Waals surface area contributed by atoms with Crippen molar-refractivity contribution in [1.29, 1.82) is 0 Å². The summed E-state index contributed by atoms with van der Waals surface area (Å²) in [6.07, 6.45) is 0.836. The molecule has 2 rings (SSSR count). The largest absolute Gasteiger partial charge is 0.493 e. The van der Waals surface area contributed by atoms with Crippen molar-refractivity contribution in [2.24, 2.45) is 7.05 Å². The van der Waals surface area contributed by atoms with E-state index in [1.807, 2.05) is 20.0 Å². The Bertz CT molecular complexity index is 649. The predicted molar refractivity (Wildman–Crippen MR) is 76.9 cm³/mol.